The lowest BCUT2D eigenvalue weighted by atomic mass is 10.2. The summed E-state index contributed by atoms with van der Waals surface area (Å²) in [6, 6.07) is 8.24. The molecule has 76 valence electrons. The zero-order chi connectivity index (χ0) is 10.3. The molecule has 1 aliphatic carbocycles. The van der Waals surface area contributed by atoms with E-state index in [4.69, 9.17) is 4.74 Å². The Morgan fingerprint density at radius 1 is 1.27 bits per heavy atom. The van der Waals surface area contributed by atoms with Crippen molar-refractivity contribution >= 4 is 10.9 Å². The second-order valence-corrected chi connectivity index (χ2v) is 4.18. The highest BCUT2D eigenvalue weighted by Crippen LogP contribution is 2.28. The highest BCUT2D eigenvalue weighted by molar-refractivity contribution is 5.80. The van der Waals surface area contributed by atoms with Crippen LogP contribution in [0.4, 0.5) is 0 Å². The van der Waals surface area contributed by atoms with Gasteiger partial charge in [-0.25, -0.2) is 0 Å². The monoisotopic (exact) mass is 199 g/mol. The molecule has 1 heterocycles. The lowest BCUT2D eigenvalue weighted by Gasteiger charge is -2.05. The Morgan fingerprint density at radius 3 is 2.93 bits per heavy atom. The molecule has 0 N–H and O–H groups in total. The van der Waals surface area contributed by atoms with Gasteiger partial charge in [-0.2, -0.15) is 0 Å². The van der Waals surface area contributed by atoms with Crippen molar-refractivity contribution in [3.63, 3.8) is 0 Å². The van der Waals surface area contributed by atoms with Crippen molar-refractivity contribution in [1.82, 2.24) is 4.98 Å². The first-order valence-corrected chi connectivity index (χ1v) is 5.34. The molecule has 0 radical (unpaired) electrons. The summed E-state index contributed by atoms with van der Waals surface area (Å²) in [6.45, 7) is 2.06. The molecular formula is C13H13NO. The van der Waals surface area contributed by atoms with Crippen LogP contribution < -0.4 is 4.74 Å². The molecule has 2 aromatic rings. The van der Waals surface area contributed by atoms with Crippen LogP contribution in [0, 0.1) is 6.92 Å². The Balaban J connectivity index is 2.03. The van der Waals surface area contributed by atoms with Gasteiger partial charge in [0, 0.05) is 11.6 Å². The van der Waals surface area contributed by atoms with Crippen molar-refractivity contribution in [2.75, 3.05) is 0 Å². The molecule has 0 spiro atoms. The number of pyridine rings is 1. The van der Waals surface area contributed by atoms with Gasteiger partial charge >= 0.3 is 0 Å². The number of aromatic nitrogens is 1. The van der Waals surface area contributed by atoms with E-state index in [2.05, 4.69) is 24.0 Å². The number of benzene rings is 1. The minimum atomic E-state index is 0.459. The normalized spacial score (nSPS) is 15.5. The quantitative estimate of drug-likeness (QED) is 0.741. The van der Waals surface area contributed by atoms with Crippen molar-refractivity contribution in [1.29, 1.82) is 0 Å². The van der Waals surface area contributed by atoms with E-state index in [1.807, 2.05) is 18.3 Å². The highest BCUT2D eigenvalue weighted by atomic mass is 16.5. The molecule has 2 nitrogen and oxygen atoms in total. The van der Waals surface area contributed by atoms with Crippen molar-refractivity contribution in [3.05, 3.63) is 36.0 Å². The molecule has 3 rings (SSSR count). The zero-order valence-electron chi connectivity index (χ0n) is 8.73. The molecule has 0 unspecified atom stereocenters. The third-order valence-electron chi connectivity index (χ3n) is 2.62. The van der Waals surface area contributed by atoms with Crippen molar-refractivity contribution in [2.45, 2.75) is 25.9 Å². The Hall–Kier alpha value is -1.57. The largest absolute Gasteiger partial charge is 0.490 e. The van der Waals surface area contributed by atoms with Crippen LogP contribution >= 0.6 is 0 Å². The zero-order valence-corrected chi connectivity index (χ0v) is 8.73. The van der Waals surface area contributed by atoms with E-state index in [1.165, 1.54) is 18.4 Å². The Bertz CT molecular complexity index is 503. The molecule has 0 aliphatic heterocycles. The summed E-state index contributed by atoms with van der Waals surface area (Å²) in [5.74, 6) is 0.970. The fraction of sp³-hybridized carbons (Fsp3) is 0.308. The fourth-order valence-electron chi connectivity index (χ4n) is 1.67. The van der Waals surface area contributed by atoms with Gasteiger partial charge in [0.1, 0.15) is 5.75 Å². The molecular weight excluding hydrogens is 186 g/mol. The topological polar surface area (TPSA) is 22.1 Å². The second-order valence-electron chi connectivity index (χ2n) is 4.18. The maximum Gasteiger partial charge on any atom is 0.120 e. The highest BCUT2D eigenvalue weighted by Gasteiger charge is 2.23. The first-order chi connectivity index (χ1) is 7.31. The number of ether oxygens (including phenoxy) is 1. The van der Waals surface area contributed by atoms with Gasteiger partial charge in [-0.05, 0) is 49.6 Å². The van der Waals surface area contributed by atoms with E-state index in [9.17, 15) is 0 Å². The predicted molar refractivity (Wildman–Crippen MR) is 60.1 cm³/mol. The molecule has 1 aromatic carbocycles. The number of hydrogen-bond acceptors (Lipinski definition) is 2. The molecule has 2 heteroatoms. The smallest absolute Gasteiger partial charge is 0.120 e. The first-order valence-electron chi connectivity index (χ1n) is 5.34. The van der Waals surface area contributed by atoms with E-state index in [1.54, 1.807) is 0 Å². The van der Waals surface area contributed by atoms with Crippen molar-refractivity contribution in [3.8, 4) is 5.75 Å². The Labute approximate surface area is 88.9 Å². The number of hydrogen-bond donors (Lipinski definition) is 0. The van der Waals surface area contributed by atoms with Crippen LogP contribution in [-0.4, -0.2) is 11.1 Å². The molecule has 1 aliphatic rings. The molecule has 1 aromatic heterocycles. The molecule has 0 amide bonds. The van der Waals surface area contributed by atoms with E-state index in [0.29, 0.717) is 6.10 Å². The Morgan fingerprint density at radius 2 is 2.13 bits per heavy atom. The van der Waals surface area contributed by atoms with Gasteiger partial charge in [0.2, 0.25) is 0 Å². The number of rotatable bonds is 2. The van der Waals surface area contributed by atoms with Gasteiger partial charge in [-0.1, -0.05) is 0 Å². The van der Waals surface area contributed by atoms with Gasteiger partial charge in [0.15, 0.2) is 0 Å². The summed E-state index contributed by atoms with van der Waals surface area (Å²) in [5, 5.41) is 1.16. The SMILES string of the molecule is Cc1cnc2ccc(OC3CC3)cc2c1. The van der Waals surface area contributed by atoms with E-state index in [0.717, 1.165) is 16.7 Å². The number of fused-ring (bicyclic) bond motifs is 1. The minimum Gasteiger partial charge on any atom is -0.490 e. The van der Waals surface area contributed by atoms with E-state index >= 15 is 0 Å². The summed E-state index contributed by atoms with van der Waals surface area (Å²) < 4.78 is 5.75. The van der Waals surface area contributed by atoms with Crippen LogP contribution in [0.2, 0.25) is 0 Å². The maximum atomic E-state index is 5.75. The Kier molecular flexibility index (Phi) is 1.88. The molecule has 0 bridgehead atoms. The van der Waals surface area contributed by atoms with Crippen LogP contribution in [0.15, 0.2) is 30.5 Å². The van der Waals surface area contributed by atoms with Crippen LogP contribution in [0.1, 0.15) is 18.4 Å². The van der Waals surface area contributed by atoms with Crippen LogP contribution in [0.25, 0.3) is 10.9 Å². The number of nitrogens with zero attached hydrogens (tertiary/aromatic N) is 1. The van der Waals surface area contributed by atoms with Gasteiger partial charge in [-0.15, -0.1) is 0 Å². The lowest BCUT2D eigenvalue weighted by molar-refractivity contribution is 0.303. The summed E-state index contributed by atoms with van der Waals surface area (Å²) in [6.07, 6.45) is 4.75. The molecule has 0 atom stereocenters. The van der Waals surface area contributed by atoms with Gasteiger partial charge < -0.3 is 4.74 Å². The number of aryl methyl sites for hydroxylation is 1. The van der Waals surface area contributed by atoms with Gasteiger partial charge in [0.05, 0.1) is 11.6 Å². The molecule has 0 saturated heterocycles. The van der Waals surface area contributed by atoms with Gasteiger partial charge in [0.25, 0.3) is 0 Å². The lowest BCUT2D eigenvalue weighted by Crippen LogP contribution is -1.95. The summed E-state index contributed by atoms with van der Waals surface area (Å²) in [4.78, 5) is 4.36. The maximum absolute atomic E-state index is 5.75. The summed E-state index contributed by atoms with van der Waals surface area (Å²) >= 11 is 0. The van der Waals surface area contributed by atoms with Crippen molar-refractivity contribution < 1.29 is 4.74 Å². The van der Waals surface area contributed by atoms with E-state index < -0.39 is 0 Å². The van der Waals surface area contributed by atoms with Crippen LogP contribution in [0.5, 0.6) is 5.75 Å². The van der Waals surface area contributed by atoms with Crippen LogP contribution in [0.3, 0.4) is 0 Å². The average Bonchev–Trinajstić information content (AvgIpc) is 3.01. The first kappa shape index (κ1) is 8.72. The standard InChI is InChI=1S/C13H13NO/c1-9-6-10-7-12(15-11-2-3-11)4-5-13(10)14-8-9/h4-8,11H,2-3H2,1H3. The predicted octanol–water partition coefficient (Wildman–Crippen LogP) is 3.08. The molecule has 1 saturated carbocycles. The van der Waals surface area contributed by atoms with E-state index in [-0.39, 0.29) is 0 Å². The minimum absolute atomic E-state index is 0.459. The summed E-state index contributed by atoms with van der Waals surface area (Å²) in [7, 11) is 0. The third-order valence-corrected chi connectivity index (χ3v) is 2.62. The van der Waals surface area contributed by atoms with Gasteiger partial charge in [-0.3, -0.25) is 4.98 Å². The summed E-state index contributed by atoms with van der Waals surface area (Å²) in [5.41, 5.74) is 2.22. The molecule has 1 fully saturated rings. The third kappa shape index (κ3) is 1.80. The average molecular weight is 199 g/mol. The fourth-order valence-corrected chi connectivity index (χ4v) is 1.67. The van der Waals surface area contributed by atoms with Crippen LogP contribution in [-0.2, 0) is 0 Å². The second kappa shape index (κ2) is 3.23. The molecule has 15 heavy (non-hydrogen) atoms. The van der Waals surface area contributed by atoms with Crippen molar-refractivity contribution in [2.24, 2.45) is 0 Å².